The van der Waals surface area contributed by atoms with Crippen LogP contribution in [0.3, 0.4) is 0 Å². The van der Waals surface area contributed by atoms with Gasteiger partial charge in [-0.05, 0) is 29.8 Å². The third-order valence-corrected chi connectivity index (χ3v) is 4.17. The van der Waals surface area contributed by atoms with Crippen LogP contribution >= 0.6 is 11.8 Å². The fourth-order valence-corrected chi connectivity index (χ4v) is 3.28. The molecule has 1 nitrogen and oxygen atoms in total. The molecule has 0 aromatic carbocycles. The number of thioether (sulfide) groups is 1. The Morgan fingerprint density at radius 3 is 2.50 bits per heavy atom. The first kappa shape index (κ1) is 10.4. The summed E-state index contributed by atoms with van der Waals surface area (Å²) < 4.78 is 0. The Bertz CT molecular complexity index is 115. The summed E-state index contributed by atoms with van der Waals surface area (Å²) in [4.78, 5) is 0. The van der Waals surface area contributed by atoms with E-state index in [-0.39, 0.29) is 6.10 Å². The Kier molecular flexibility index (Phi) is 4.44. The lowest BCUT2D eigenvalue weighted by Crippen LogP contribution is -2.28. The highest BCUT2D eigenvalue weighted by atomic mass is 32.2. The highest BCUT2D eigenvalue weighted by Crippen LogP contribution is 2.31. The van der Waals surface area contributed by atoms with E-state index in [0.717, 1.165) is 12.8 Å². The lowest BCUT2D eigenvalue weighted by molar-refractivity contribution is 0.0564. The second kappa shape index (κ2) is 5.13. The standard InChI is InChI=1S/C10H20OS/c1-3-8(4-2)10(11)9-5-6-12-7-9/h8-11H,3-7H2,1-2H3. The third kappa shape index (κ3) is 2.40. The third-order valence-electron chi connectivity index (χ3n) is 2.98. The van der Waals surface area contributed by atoms with Gasteiger partial charge in [0.15, 0.2) is 0 Å². The molecule has 1 aliphatic rings. The fraction of sp³-hybridized carbons (Fsp3) is 1.00. The van der Waals surface area contributed by atoms with Crippen LogP contribution < -0.4 is 0 Å². The topological polar surface area (TPSA) is 20.2 Å². The van der Waals surface area contributed by atoms with Crippen molar-refractivity contribution in [2.24, 2.45) is 11.8 Å². The number of hydrogen-bond donors (Lipinski definition) is 1. The van der Waals surface area contributed by atoms with Crippen molar-refractivity contribution < 1.29 is 5.11 Å². The molecule has 1 fully saturated rings. The highest BCUT2D eigenvalue weighted by molar-refractivity contribution is 7.99. The van der Waals surface area contributed by atoms with Crippen molar-refractivity contribution in [1.82, 2.24) is 0 Å². The van der Waals surface area contributed by atoms with E-state index in [2.05, 4.69) is 13.8 Å². The average molecular weight is 188 g/mol. The zero-order valence-electron chi connectivity index (χ0n) is 8.12. The van der Waals surface area contributed by atoms with Crippen molar-refractivity contribution in [3.63, 3.8) is 0 Å². The monoisotopic (exact) mass is 188 g/mol. The minimum absolute atomic E-state index is 0.0324. The van der Waals surface area contributed by atoms with Gasteiger partial charge in [0.25, 0.3) is 0 Å². The van der Waals surface area contributed by atoms with Gasteiger partial charge in [0.2, 0.25) is 0 Å². The van der Waals surface area contributed by atoms with Gasteiger partial charge in [0.05, 0.1) is 6.10 Å². The summed E-state index contributed by atoms with van der Waals surface area (Å²) in [5.74, 6) is 3.55. The van der Waals surface area contributed by atoms with Crippen LogP contribution in [-0.2, 0) is 0 Å². The first-order chi connectivity index (χ1) is 5.79. The van der Waals surface area contributed by atoms with Gasteiger partial charge in [-0.2, -0.15) is 11.8 Å². The Balaban J connectivity index is 2.37. The van der Waals surface area contributed by atoms with E-state index in [9.17, 15) is 5.11 Å². The summed E-state index contributed by atoms with van der Waals surface area (Å²) >= 11 is 1.99. The number of aliphatic hydroxyl groups excluding tert-OH is 1. The lowest BCUT2D eigenvalue weighted by Gasteiger charge is -2.24. The molecule has 0 saturated carbocycles. The number of hydrogen-bond acceptors (Lipinski definition) is 2. The molecule has 12 heavy (non-hydrogen) atoms. The van der Waals surface area contributed by atoms with Gasteiger partial charge in [-0.25, -0.2) is 0 Å². The summed E-state index contributed by atoms with van der Waals surface area (Å²) in [5, 5.41) is 10.00. The Morgan fingerprint density at radius 1 is 1.42 bits per heavy atom. The van der Waals surface area contributed by atoms with Gasteiger partial charge in [0, 0.05) is 0 Å². The molecule has 72 valence electrons. The van der Waals surface area contributed by atoms with E-state index in [1.54, 1.807) is 0 Å². The summed E-state index contributed by atoms with van der Waals surface area (Å²) in [6.07, 6.45) is 3.44. The lowest BCUT2D eigenvalue weighted by atomic mass is 9.87. The Hall–Kier alpha value is 0.310. The van der Waals surface area contributed by atoms with E-state index in [1.807, 2.05) is 11.8 Å². The minimum atomic E-state index is -0.0324. The molecule has 0 amide bonds. The molecule has 1 aliphatic heterocycles. The molecule has 2 heteroatoms. The van der Waals surface area contributed by atoms with Crippen molar-refractivity contribution in [3.05, 3.63) is 0 Å². The Morgan fingerprint density at radius 2 is 2.08 bits per heavy atom. The number of aliphatic hydroxyl groups is 1. The smallest absolute Gasteiger partial charge is 0.0604 e. The van der Waals surface area contributed by atoms with Crippen molar-refractivity contribution in [3.8, 4) is 0 Å². The predicted molar refractivity (Wildman–Crippen MR) is 55.5 cm³/mol. The number of rotatable bonds is 4. The second-order valence-corrected chi connectivity index (χ2v) is 4.84. The van der Waals surface area contributed by atoms with Crippen LogP contribution in [0.15, 0.2) is 0 Å². The molecule has 1 saturated heterocycles. The molecule has 2 atom stereocenters. The maximum Gasteiger partial charge on any atom is 0.0604 e. The van der Waals surface area contributed by atoms with Gasteiger partial charge in [-0.1, -0.05) is 26.7 Å². The predicted octanol–water partition coefficient (Wildman–Crippen LogP) is 2.54. The van der Waals surface area contributed by atoms with Crippen molar-refractivity contribution in [2.45, 2.75) is 39.2 Å². The van der Waals surface area contributed by atoms with Gasteiger partial charge < -0.3 is 5.11 Å². The van der Waals surface area contributed by atoms with Gasteiger partial charge in [0.1, 0.15) is 0 Å². The first-order valence-electron chi connectivity index (χ1n) is 5.05. The SMILES string of the molecule is CCC(CC)C(O)C1CCSC1. The van der Waals surface area contributed by atoms with Gasteiger partial charge >= 0.3 is 0 Å². The molecule has 1 N–H and O–H groups in total. The van der Waals surface area contributed by atoms with Crippen LogP contribution in [0.5, 0.6) is 0 Å². The molecule has 2 unspecified atom stereocenters. The molecule has 1 rings (SSSR count). The fourth-order valence-electron chi connectivity index (χ4n) is 1.98. The van der Waals surface area contributed by atoms with E-state index < -0.39 is 0 Å². The van der Waals surface area contributed by atoms with Gasteiger partial charge in [-0.15, -0.1) is 0 Å². The van der Waals surface area contributed by atoms with E-state index in [4.69, 9.17) is 0 Å². The summed E-state index contributed by atoms with van der Waals surface area (Å²) in [7, 11) is 0. The molecule has 0 radical (unpaired) electrons. The van der Waals surface area contributed by atoms with Crippen LogP contribution in [0.25, 0.3) is 0 Å². The molecule has 1 heterocycles. The molecular weight excluding hydrogens is 168 g/mol. The quantitative estimate of drug-likeness (QED) is 0.731. The van der Waals surface area contributed by atoms with Crippen molar-refractivity contribution in [1.29, 1.82) is 0 Å². The maximum absolute atomic E-state index is 10.00. The van der Waals surface area contributed by atoms with Crippen molar-refractivity contribution >= 4 is 11.8 Å². The molecule has 0 aromatic rings. The van der Waals surface area contributed by atoms with Gasteiger partial charge in [-0.3, -0.25) is 0 Å². The molecule has 0 aliphatic carbocycles. The second-order valence-electron chi connectivity index (χ2n) is 3.69. The minimum Gasteiger partial charge on any atom is -0.393 e. The normalized spacial score (nSPS) is 26.5. The summed E-state index contributed by atoms with van der Waals surface area (Å²) in [5.41, 5.74) is 0. The molecule has 0 spiro atoms. The van der Waals surface area contributed by atoms with E-state index >= 15 is 0 Å². The van der Waals surface area contributed by atoms with Crippen LogP contribution in [0.1, 0.15) is 33.1 Å². The molecule has 0 aromatic heterocycles. The van der Waals surface area contributed by atoms with Crippen LogP contribution in [0, 0.1) is 11.8 Å². The molecular formula is C10H20OS. The Labute approximate surface area is 79.9 Å². The average Bonchev–Trinajstić information content (AvgIpc) is 2.58. The zero-order chi connectivity index (χ0) is 8.97. The van der Waals surface area contributed by atoms with E-state index in [1.165, 1.54) is 17.9 Å². The first-order valence-corrected chi connectivity index (χ1v) is 6.20. The van der Waals surface area contributed by atoms with Crippen LogP contribution in [-0.4, -0.2) is 22.7 Å². The van der Waals surface area contributed by atoms with Crippen LogP contribution in [0.4, 0.5) is 0 Å². The largest absolute Gasteiger partial charge is 0.393 e. The van der Waals surface area contributed by atoms with E-state index in [0.29, 0.717) is 11.8 Å². The van der Waals surface area contributed by atoms with Crippen molar-refractivity contribution in [2.75, 3.05) is 11.5 Å². The zero-order valence-corrected chi connectivity index (χ0v) is 8.94. The maximum atomic E-state index is 10.00. The summed E-state index contributed by atoms with van der Waals surface area (Å²) in [6, 6.07) is 0. The van der Waals surface area contributed by atoms with Crippen LogP contribution in [0.2, 0.25) is 0 Å². The highest BCUT2D eigenvalue weighted by Gasteiger charge is 2.28. The summed E-state index contributed by atoms with van der Waals surface area (Å²) in [6.45, 7) is 4.36. The molecule has 0 bridgehead atoms.